The number of hydrogen-bond donors (Lipinski definition) is 0. The first-order valence-corrected chi connectivity index (χ1v) is 10.5. The molecule has 1 aliphatic heterocycles. The summed E-state index contributed by atoms with van der Waals surface area (Å²) in [6.07, 6.45) is 0. The van der Waals surface area contributed by atoms with Gasteiger partial charge in [-0.3, -0.25) is 15.0 Å². The predicted molar refractivity (Wildman–Crippen MR) is 104 cm³/mol. The van der Waals surface area contributed by atoms with Gasteiger partial charge in [0.1, 0.15) is 0 Å². The number of hydrogen-bond acceptors (Lipinski definition) is 6. The lowest BCUT2D eigenvalue weighted by Crippen LogP contribution is -2.42. The van der Waals surface area contributed by atoms with E-state index in [0.717, 1.165) is 13.1 Å². The fraction of sp³-hybridized carbons (Fsp3) is 0.368. The summed E-state index contributed by atoms with van der Waals surface area (Å²) in [6.45, 7) is 3.92. The molecule has 0 aromatic heterocycles. The minimum absolute atomic E-state index is 0.0190. The molecule has 1 fully saturated rings. The van der Waals surface area contributed by atoms with Crippen molar-refractivity contribution in [2.24, 2.45) is 0 Å². The molecule has 0 saturated carbocycles. The van der Waals surface area contributed by atoms with Crippen molar-refractivity contribution in [2.75, 3.05) is 39.4 Å². The van der Waals surface area contributed by atoms with Crippen LogP contribution in [0.5, 0.6) is 0 Å². The fourth-order valence-corrected chi connectivity index (χ4v) is 4.47. The van der Waals surface area contributed by atoms with Crippen LogP contribution in [0, 0.1) is 10.1 Å². The molecule has 1 aliphatic rings. The van der Waals surface area contributed by atoms with Gasteiger partial charge in [0.25, 0.3) is 5.69 Å². The number of rotatable bonds is 8. The summed E-state index contributed by atoms with van der Waals surface area (Å²) in [5.41, 5.74) is 0.682. The highest BCUT2D eigenvalue weighted by Gasteiger charge is 2.25. The molecule has 8 nitrogen and oxygen atoms in total. The van der Waals surface area contributed by atoms with Crippen LogP contribution in [0.15, 0.2) is 59.5 Å². The highest BCUT2D eigenvalue weighted by Crippen LogP contribution is 2.20. The number of ether oxygens (including phenoxy) is 1. The topological polar surface area (TPSA) is 93.0 Å². The lowest BCUT2D eigenvalue weighted by Gasteiger charge is -2.29. The normalized spacial score (nSPS) is 15.6. The second kappa shape index (κ2) is 9.24. The summed E-state index contributed by atoms with van der Waals surface area (Å²) in [7, 11) is -3.68. The Hall–Kier alpha value is -2.33. The van der Waals surface area contributed by atoms with Crippen LogP contribution < -0.4 is 0 Å². The second-order valence-electron chi connectivity index (χ2n) is 6.53. The molecule has 150 valence electrons. The number of morpholine rings is 1. The zero-order valence-corrected chi connectivity index (χ0v) is 16.3. The van der Waals surface area contributed by atoms with Crippen LogP contribution in [0.2, 0.25) is 0 Å². The van der Waals surface area contributed by atoms with Crippen LogP contribution in [-0.2, 0) is 21.3 Å². The minimum Gasteiger partial charge on any atom is -0.379 e. The molecule has 9 heteroatoms. The smallest absolute Gasteiger partial charge is 0.269 e. The molecule has 0 spiro atoms. The minimum atomic E-state index is -3.68. The SMILES string of the molecule is O=[N+]([O-])c1ccc(CN(CCN2CCOCC2)S(=O)(=O)c2ccccc2)cc1. The quantitative estimate of drug-likeness (QED) is 0.493. The van der Waals surface area contributed by atoms with E-state index in [1.165, 1.54) is 16.4 Å². The maximum absolute atomic E-state index is 13.2. The van der Waals surface area contributed by atoms with Crippen molar-refractivity contribution in [1.29, 1.82) is 0 Å². The summed E-state index contributed by atoms with van der Waals surface area (Å²) in [6, 6.07) is 14.3. The number of nitro benzene ring substituents is 1. The van der Waals surface area contributed by atoms with Gasteiger partial charge in [-0.1, -0.05) is 30.3 Å². The molecule has 0 unspecified atom stereocenters. The lowest BCUT2D eigenvalue weighted by atomic mass is 10.2. The average Bonchev–Trinajstić information content (AvgIpc) is 2.72. The van der Waals surface area contributed by atoms with Crippen molar-refractivity contribution >= 4 is 15.7 Å². The van der Waals surface area contributed by atoms with Crippen molar-refractivity contribution in [3.63, 3.8) is 0 Å². The molecule has 2 aromatic carbocycles. The monoisotopic (exact) mass is 405 g/mol. The van der Waals surface area contributed by atoms with E-state index in [9.17, 15) is 18.5 Å². The van der Waals surface area contributed by atoms with Crippen molar-refractivity contribution in [3.8, 4) is 0 Å². The highest BCUT2D eigenvalue weighted by atomic mass is 32.2. The lowest BCUT2D eigenvalue weighted by molar-refractivity contribution is -0.384. The van der Waals surface area contributed by atoms with Crippen molar-refractivity contribution in [1.82, 2.24) is 9.21 Å². The molecule has 2 aromatic rings. The van der Waals surface area contributed by atoms with Crippen molar-refractivity contribution < 1.29 is 18.1 Å². The van der Waals surface area contributed by atoms with Gasteiger partial charge < -0.3 is 4.74 Å². The van der Waals surface area contributed by atoms with Gasteiger partial charge in [0.2, 0.25) is 10.0 Å². The highest BCUT2D eigenvalue weighted by molar-refractivity contribution is 7.89. The Morgan fingerprint density at radius 2 is 1.68 bits per heavy atom. The molecule has 0 amide bonds. The summed E-state index contributed by atoms with van der Waals surface area (Å²) < 4.78 is 33.1. The zero-order valence-electron chi connectivity index (χ0n) is 15.4. The molecule has 0 bridgehead atoms. The predicted octanol–water partition coefficient (Wildman–Crippen LogP) is 2.12. The van der Waals surface area contributed by atoms with E-state index in [2.05, 4.69) is 4.90 Å². The Morgan fingerprint density at radius 3 is 2.29 bits per heavy atom. The van der Waals surface area contributed by atoms with Gasteiger partial charge in [0.05, 0.1) is 23.0 Å². The Morgan fingerprint density at radius 1 is 1.04 bits per heavy atom. The van der Waals surface area contributed by atoms with Gasteiger partial charge in [-0.15, -0.1) is 0 Å². The maximum Gasteiger partial charge on any atom is 0.269 e. The van der Waals surface area contributed by atoms with E-state index in [0.29, 0.717) is 31.9 Å². The van der Waals surface area contributed by atoms with E-state index in [-0.39, 0.29) is 17.1 Å². The molecule has 3 rings (SSSR count). The van der Waals surface area contributed by atoms with Gasteiger partial charge >= 0.3 is 0 Å². The maximum atomic E-state index is 13.2. The van der Waals surface area contributed by atoms with Gasteiger partial charge in [0, 0.05) is 44.9 Å². The number of nitro groups is 1. The summed E-state index contributed by atoms with van der Waals surface area (Å²) in [4.78, 5) is 12.8. The van der Waals surface area contributed by atoms with E-state index in [1.807, 2.05) is 0 Å². The first kappa shape index (κ1) is 20.4. The van der Waals surface area contributed by atoms with Crippen LogP contribution in [0.3, 0.4) is 0 Å². The number of non-ortho nitro benzene ring substituents is 1. The van der Waals surface area contributed by atoms with Crippen LogP contribution in [0.25, 0.3) is 0 Å². The van der Waals surface area contributed by atoms with E-state index in [4.69, 9.17) is 4.74 Å². The third-order valence-corrected chi connectivity index (χ3v) is 6.52. The Balaban J connectivity index is 1.80. The van der Waals surface area contributed by atoms with E-state index < -0.39 is 14.9 Å². The van der Waals surface area contributed by atoms with Gasteiger partial charge in [0.15, 0.2) is 0 Å². The fourth-order valence-electron chi connectivity index (χ4n) is 3.03. The third-order valence-electron chi connectivity index (χ3n) is 4.66. The largest absolute Gasteiger partial charge is 0.379 e. The van der Waals surface area contributed by atoms with Gasteiger partial charge in [-0.2, -0.15) is 4.31 Å². The molecule has 1 saturated heterocycles. The average molecular weight is 405 g/mol. The molecule has 0 aliphatic carbocycles. The van der Waals surface area contributed by atoms with Crippen molar-refractivity contribution in [3.05, 3.63) is 70.3 Å². The number of benzene rings is 2. The van der Waals surface area contributed by atoms with Gasteiger partial charge in [-0.05, 0) is 17.7 Å². The van der Waals surface area contributed by atoms with E-state index in [1.54, 1.807) is 42.5 Å². The summed E-state index contributed by atoms with van der Waals surface area (Å²) in [5.74, 6) is 0. The standard InChI is InChI=1S/C19H23N3O5S/c23-22(24)18-8-6-17(7-9-18)16-21(11-10-20-12-14-27-15-13-20)28(25,26)19-4-2-1-3-5-19/h1-9H,10-16H2. The van der Waals surface area contributed by atoms with Gasteiger partial charge in [-0.25, -0.2) is 8.42 Å². The number of nitrogens with zero attached hydrogens (tertiary/aromatic N) is 3. The molecule has 28 heavy (non-hydrogen) atoms. The van der Waals surface area contributed by atoms with Crippen LogP contribution in [0.1, 0.15) is 5.56 Å². The van der Waals surface area contributed by atoms with Crippen molar-refractivity contribution in [2.45, 2.75) is 11.4 Å². The second-order valence-corrected chi connectivity index (χ2v) is 8.47. The molecular weight excluding hydrogens is 382 g/mol. The molecule has 1 heterocycles. The Labute approximate surface area is 164 Å². The Kier molecular flexibility index (Phi) is 6.74. The summed E-state index contributed by atoms with van der Waals surface area (Å²) >= 11 is 0. The Bertz CT molecular complexity index is 882. The molecule has 0 N–H and O–H groups in total. The van der Waals surface area contributed by atoms with Crippen LogP contribution in [0.4, 0.5) is 5.69 Å². The van der Waals surface area contributed by atoms with Crippen LogP contribution in [-0.4, -0.2) is 61.9 Å². The summed E-state index contributed by atoms with van der Waals surface area (Å²) in [5, 5.41) is 10.8. The molecule has 0 atom stereocenters. The van der Waals surface area contributed by atoms with Crippen LogP contribution >= 0.6 is 0 Å². The van der Waals surface area contributed by atoms with E-state index >= 15 is 0 Å². The third kappa shape index (κ3) is 5.14. The first-order valence-electron chi connectivity index (χ1n) is 9.05. The first-order chi connectivity index (χ1) is 13.5. The molecular formula is C19H23N3O5S. The molecule has 0 radical (unpaired) electrons. The zero-order chi connectivity index (χ0) is 20.0. The number of sulfonamides is 1.